The number of halogens is 3. The lowest BCUT2D eigenvalue weighted by atomic mass is 10.1. The minimum absolute atomic E-state index is 0.0311. The Kier molecular flexibility index (Phi) is 4.41. The van der Waals surface area contributed by atoms with Crippen LogP contribution in [0.2, 0.25) is 0 Å². The number of H-pyrrole nitrogens is 1. The number of carbonyl (C=O) groups is 1. The highest BCUT2D eigenvalue weighted by molar-refractivity contribution is 5.87. The Bertz CT molecular complexity index is 1060. The van der Waals surface area contributed by atoms with Gasteiger partial charge in [-0.1, -0.05) is 12.1 Å². The van der Waals surface area contributed by atoms with Crippen molar-refractivity contribution in [3.8, 4) is 0 Å². The van der Waals surface area contributed by atoms with Crippen molar-refractivity contribution in [3.63, 3.8) is 0 Å². The van der Waals surface area contributed by atoms with Gasteiger partial charge in [0.1, 0.15) is 17.8 Å². The van der Waals surface area contributed by atoms with Gasteiger partial charge in [0.25, 0.3) is 0 Å². The lowest BCUT2D eigenvalue weighted by Crippen LogP contribution is -2.56. The van der Waals surface area contributed by atoms with Crippen molar-refractivity contribution in [2.24, 2.45) is 0 Å². The summed E-state index contributed by atoms with van der Waals surface area (Å²) < 4.78 is 38.2. The molecule has 0 saturated carbocycles. The first-order valence-corrected chi connectivity index (χ1v) is 9.90. The van der Waals surface area contributed by atoms with Gasteiger partial charge in [0.15, 0.2) is 0 Å². The summed E-state index contributed by atoms with van der Waals surface area (Å²) in [5, 5.41) is 0.960. The van der Waals surface area contributed by atoms with Crippen LogP contribution in [-0.2, 0) is 17.4 Å². The molecule has 2 atom stereocenters. The Morgan fingerprint density at radius 2 is 1.77 bits per heavy atom. The molecule has 1 amide bonds. The maximum absolute atomic E-state index is 13.0. The number of carbonyl (C=O) groups excluding carboxylic acids is 1. The van der Waals surface area contributed by atoms with Crippen LogP contribution in [0.15, 0.2) is 42.9 Å². The molecule has 1 aromatic carbocycles. The molecule has 3 aromatic rings. The number of amides is 1. The second-order valence-electron chi connectivity index (χ2n) is 7.90. The topological polar surface area (TPSA) is 65.1 Å². The third kappa shape index (κ3) is 3.28. The molecule has 1 N–H and O–H groups in total. The number of aromatic nitrogens is 3. The number of benzene rings is 1. The smallest absolute Gasteiger partial charge is 0.352 e. The van der Waals surface area contributed by atoms with Gasteiger partial charge in [0.05, 0.1) is 17.4 Å². The van der Waals surface area contributed by atoms with Gasteiger partial charge in [0.2, 0.25) is 5.91 Å². The van der Waals surface area contributed by atoms with E-state index in [0.717, 1.165) is 41.8 Å². The van der Waals surface area contributed by atoms with Gasteiger partial charge in [0, 0.05) is 31.4 Å². The average Bonchev–Trinajstić information content (AvgIpc) is 3.29. The fourth-order valence-corrected chi connectivity index (χ4v) is 4.67. The van der Waals surface area contributed by atoms with E-state index < -0.39 is 11.7 Å². The molecule has 0 radical (unpaired) electrons. The largest absolute Gasteiger partial charge is 0.416 e. The number of hydrogen-bond acceptors (Lipinski definition) is 4. The summed E-state index contributed by atoms with van der Waals surface area (Å²) in [7, 11) is 0. The molecule has 2 unspecified atom stereocenters. The summed E-state index contributed by atoms with van der Waals surface area (Å²) in [5.74, 6) is 0.837. The van der Waals surface area contributed by atoms with E-state index in [9.17, 15) is 18.0 Å². The minimum Gasteiger partial charge on any atom is -0.352 e. The van der Waals surface area contributed by atoms with Gasteiger partial charge in [-0.25, -0.2) is 9.97 Å². The highest BCUT2D eigenvalue weighted by atomic mass is 19.4. The second kappa shape index (κ2) is 7.00. The SMILES string of the molecule is O=C(Cc1ccc(C(F)(F)F)cc1)N1C2CCC1CN(c1ncnc3[nH]ccc13)C2. The Hall–Kier alpha value is -3.10. The summed E-state index contributed by atoms with van der Waals surface area (Å²) in [4.78, 5) is 28.9. The normalized spacial score (nSPS) is 21.4. The lowest BCUT2D eigenvalue weighted by molar-refractivity contribution is -0.137. The highest BCUT2D eigenvalue weighted by Crippen LogP contribution is 2.35. The van der Waals surface area contributed by atoms with E-state index in [2.05, 4.69) is 19.9 Å². The molecule has 156 valence electrons. The van der Waals surface area contributed by atoms with Crippen LogP contribution in [0.25, 0.3) is 11.0 Å². The van der Waals surface area contributed by atoms with Crippen molar-refractivity contribution in [1.29, 1.82) is 0 Å². The third-order valence-electron chi connectivity index (χ3n) is 6.04. The zero-order valence-corrected chi connectivity index (χ0v) is 16.1. The quantitative estimate of drug-likeness (QED) is 0.712. The maximum atomic E-state index is 13.0. The number of fused-ring (bicyclic) bond motifs is 3. The molecule has 2 bridgehead atoms. The molecule has 6 nitrogen and oxygen atoms in total. The molecule has 9 heteroatoms. The Morgan fingerprint density at radius 3 is 2.43 bits per heavy atom. The van der Waals surface area contributed by atoms with Gasteiger partial charge in [-0.2, -0.15) is 13.2 Å². The molecule has 5 rings (SSSR count). The second-order valence-corrected chi connectivity index (χ2v) is 7.90. The van der Waals surface area contributed by atoms with Crippen LogP contribution in [0.4, 0.5) is 19.0 Å². The van der Waals surface area contributed by atoms with Crippen LogP contribution in [0.1, 0.15) is 24.0 Å². The monoisotopic (exact) mass is 415 g/mol. The molecule has 2 aromatic heterocycles. The summed E-state index contributed by atoms with van der Waals surface area (Å²) in [5.41, 5.74) is 0.682. The summed E-state index contributed by atoms with van der Waals surface area (Å²) in [6.07, 6.45) is 0.951. The molecule has 30 heavy (non-hydrogen) atoms. The molecule has 0 spiro atoms. The first-order chi connectivity index (χ1) is 14.4. The number of hydrogen-bond donors (Lipinski definition) is 1. The molecule has 2 aliphatic rings. The van der Waals surface area contributed by atoms with E-state index in [1.54, 1.807) is 0 Å². The van der Waals surface area contributed by atoms with E-state index in [1.165, 1.54) is 18.5 Å². The molecule has 2 fully saturated rings. The Labute approximate surface area is 170 Å². The van der Waals surface area contributed by atoms with Crippen LogP contribution >= 0.6 is 0 Å². The summed E-state index contributed by atoms with van der Waals surface area (Å²) in [6, 6.07) is 6.96. The Balaban J connectivity index is 1.30. The summed E-state index contributed by atoms with van der Waals surface area (Å²) >= 11 is 0. The number of nitrogens with zero attached hydrogens (tertiary/aromatic N) is 4. The number of piperazine rings is 1. The molecular formula is C21H20F3N5O. The van der Waals surface area contributed by atoms with E-state index in [-0.39, 0.29) is 24.4 Å². The van der Waals surface area contributed by atoms with Crippen molar-refractivity contribution in [3.05, 3.63) is 54.0 Å². The zero-order valence-electron chi connectivity index (χ0n) is 16.1. The number of rotatable bonds is 3. The Morgan fingerprint density at radius 1 is 1.07 bits per heavy atom. The van der Waals surface area contributed by atoms with E-state index in [4.69, 9.17) is 0 Å². The molecular weight excluding hydrogens is 395 g/mol. The van der Waals surface area contributed by atoms with Gasteiger partial charge < -0.3 is 14.8 Å². The van der Waals surface area contributed by atoms with Crippen molar-refractivity contribution in [2.75, 3.05) is 18.0 Å². The predicted octanol–water partition coefficient (Wildman–Crippen LogP) is 3.40. The van der Waals surface area contributed by atoms with Crippen LogP contribution in [-0.4, -0.2) is 50.9 Å². The first kappa shape index (κ1) is 18.9. The van der Waals surface area contributed by atoms with Gasteiger partial charge in [-0.05, 0) is 36.6 Å². The van der Waals surface area contributed by atoms with Gasteiger partial charge in [-0.3, -0.25) is 4.79 Å². The van der Waals surface area contributed by atoms with Crippen LogP contribution in [0, 0.1) is 0 Å². The van der Waals surface area contributed by atoms with Crippen molar-refractivity contribution in [2.45, 2.75) is 37.5 Å². The van der Waals surface area contributed by atoms with Gasteiger partial charge in [-0.15, -0.1) is 0 Å². The predicted molar refractivity (Wildman–Crippen MR) is 105 cm³/mol. The number of nitrogens with one attached hydrogen (secondary N) is 1. The average molecular weight is 415 g/mol. The number of anilines is 1. The van der Waals surface area contributed by atoms with E-state index >= 15 is 0 Å². The number of aromatic amines is 1. The van der Waals surface area contributed by atoms with Crippen LogP contribution < -0.4 is 4.90 Å². The highest BCUT2D eigenvalue weighted by Gasteiger charge is 2.43. The first-order valence-electron chi connectivity index (χ1n) is 9.90. The third-order valence-corrected chi connectivity index (χ3v) is 6.04. The standard InChI is InChI=1S/C21H20F3N5O/c22-21(23,24)14-3-1-13(2-4-14)9-18(30)29-15-5-6-16(29)11-28(10-15)20-17-7-8-25-19(17)26-12-27-20/h1-4,7-8,12,15-16H,5-6,9-11H2,(H,25,26,27). The lowest BCUT2D eigenvalue weighted by Gasteiger charge is -2.41. The molecule has 4 heterocycles. The van der Waals surface area contributed by atoms with Crippen molar-refractivity contribution in [1.82, 2.24) is 19.9 Å². The zero-order chi connectivity index (χ0) is 20.9. The van der Waals surface area contributed by atoms with E-state index in [0.29, 0.717) is 18.7 Å². The minimum atomic E-state index is -4.37. The van der Waals surface area contributed by atoms with E-state index in [1.807, 2.05) is 17.2 Å². The molecule has 0 aliphatic carbocycles. The van der Waals surface area contributed by atoms with Crippen molar-refractivity contribution >= 4 is 22.8 Å². The maximum Gasteiger partial charge on any atom is 0.416 e. The van der Waals surface area contributed by atoms with Crippen molar-refractivity contribution < 1.29 is 18.0 Å². The fraction of sp³-hybridized carbons (Fsp3) is 0.381. The van der Waals surface area contributed by atoms with Gasteiger partial charge >= 0.3 is 6.18 Å². The molecule has 2 saturated heterocycles. The fourth-order valence-electron chi connectivity index (χ4n) is 4.67. The number of alkyl halides is 3. The summed E-state index contributed by atoms with van der Waals surface area (Å²) in [6.45, 7) is 1.37. The van der Waals surface area contributed by atoms with Crippen LogP contribution in [0.3, 0.4) is 0 Å². The molecule has 2 aliphatic heterocycles. The van der Waals surface area contributed by atoms with Crippen LogP contribution in [0.5, 0.6) is 0 Å².